The van der Waals surface area contributed by atoms with Gasteiger partial charge in [-0.1, -0.05) is 17.7 Å². The molecule has 2 aromatic rings. The minimum Gasteiger partial charge on any atom is -0.358 e. The van der Waals surface area contributed by atoms with Crippen molar-refractivity contribution >= 4 is 28.3 Å². The summed E-state index contributed by atoms with van der Waals surface area (Å²) < 4.78 is 0. The molecule has 72 valence electrons. The number of Topliss-reactive ketones (excluding diaryl/α,β-unsaturated/α-hetero) is 1. The number of carbonyl (C=O) groups excluding carboxylic acids is 1. The van der Waals surface area contributed by atoms with Crippen LogP contribution in [0.3, 0.4) is 0 Å². The van der Waals surface area contributed by atoms with E-state index in [2.05, 4.69) is 4.98 Å². The molecule has 0 unspecified atom stereocenters. The first-order chi connectivity index (χ1) is 6.61. The number of aryl methyl sites for hydroxylation is 1. The van der Waals surface area contributed by atoms with Gasteiger partial charge in [0, 0.05) is 22.2 Å². The van der Waals surface area contributed by atoms with Crippen LogP contribution in [0.15, 0.2) is 18.2 Å². The minimum absolute atomic E-state index is 0.0434. The summed E-state index contributed by atoms with van der Waals surface area (Å²) >= 11 is 6.05. The maximum Gasteiger partial charge on any atom is 0.162 e. The van der Waals surface area contributed by atoms with Crippen LogP contribution in [0.4, 0.5) is 0 Å². The third kappa shape index (κ3) is 1.23. The van der Waals surface area contributed by atoms with Crippen molar-refractivity contribution in [3.05, 3.63) is 34.5 Å². The number of hydrogen-bond donors (Lipinski definition) is 1. The summed E-state index contributed by atoms with van der Waals surface area (Å²) in [5.41, 5.74) is 2.49. The molecule has 1 aromatic carbocycles. The Morgan fingerprint density at radius 1 is 1.43 bits per heavy atom. The van der Waals surface area contributed by atoms with E-state index in [1.807, 2.05) is 19.1 Å². The molecule has 1 N–H and O–H groups in total. The Morgan fingerprint density at radius 3 is 2.79 bits per heavy atom. The maximum atomic E-state index is 11.4. The molecule has 0 radical (unpaired) electrons. The van der Waals surface area contributed by atoms with E-state index in [1.54, 1.807) is 13.0 Å². The van der Waals surface area contributed by atoms with E-state index in [9.17, 15) is 4.79 Å². The lowest BCUT2D eigenvalue weighted by Gasteiger charge is -1.96. The third-order valence-electron chi connectivity index (χ3n) is 2.31. The van der Waals surface area contributed by atoms with Gasteiger partial charge in [-0.05, 0) is 26.0 Å². The number of carbonyl (C=O) groups is 1. The quantitative estimate of drug-likeness (QED) is 0.715. The Hall–Kier alpha value is -1.28. The number of hydrogen-bond acceptors (Lipinski definition) is 1. The van der Waals surface area contributed by atoms with Gasteiger partial charge < -0.3 is 4.98 Å². The van der Waals surface area contributed by atoms with Gasteiger partial charge in [0.2, 0.25) is 0 Å². The van der Waals surface area contributed by atoms with Crippen LogP contribution in [0, 0.1) is 6.92 Å². The highest BCUT2D eigenvalue weighted by Crippen LogP contribution is 2.29. The van der Waals surface area contributed by atoms with Gasteiger partial charge in [0.05, 0.1) is 5.02 Å². The van der Waals surface area contributed by atoms with Crippen molar-refractivity contribution in [1.29, 1.82) is 0 Å². The SMILES string of the molecule is CC(=O)c1c(C)[nH]c2cccc(Cl)c12. The van der Waals surface area contributed by atoms with Crippen LogP contribution >= 0.6 is 11.6 Å². The number of ketones is 1. The van der Waals surface area contributed by atoms with Crippen molar-refractivity contribution in [2.45, 2.75) is 13.8 Å². The molecule has 2 rings (SSSR count). The van der Waals surface area contributed by atoms with Crippen LogP contribution in [0.25, 0.3) is 10.9 Å². The van der Waals surface area contributed by atoms with Crippen LogP contribution in [-0.4, -0.2) is 10.8 Å². The average molecular weight is 208 g/mol. The summed E-state index contributed by atoms with van der Waals surface area (Å²) in [6.07, 6.45) is 0. The molecule has 0 bridgehead atoms. The van der Waals surface area contributed by atoms with Crippen molar-refractivity contribution in [2.75, 3.05) is 0 Å². The molecule has 2 nitrogen and oxygen atoms in total. The summed E-state index contributed by atoms with van der Waals surface area (Å²) in [6, 6.07) is 5.58. The zero-order valence-corrected chi connectivity index (χ0v) is 8.77. The second kappa shape index (κ2) is 3.14. The predicted octanol–water partition coefficient (Wildman–Crippen LogP) is 3.33. The molecule has 0 aliphatic carbocycles. The van der Waals surface area contributed by atoms with Gasteiger partial charge in [0.25, 0.3) is 0 Å². The number of aromatic amines is 1. The normalized spacial score (nSPS) is 10.8. The van der Waals surface area contributed by atoms with Crippen molar-refractivity contribution in [1.82, 2.24) is 4.98 Å². The number of H-pyrrole nitrogens is 1. The zero-order valence-electron chi connectivity index (χ0n) is 8.02. The van der Waals surface area contributed by atoms with Gasteiger partial charge in [-0.25, -0.2) is 0 Å². The molecule has 1 heterocycles. The van der Waals surface area contributed by atoms with Crippen molar-refractivity contribution < 1.29 is 4.79 Å². The van der Waals surface area contributed by atoms with Crippen molar-refractivity contribution in [3.8, 4) is 0 Å². The monoisotopic (exact) mass is 207 g/mol. The molecule has 0 saturated heterocycles. The molecular formula is C11H10ClNO. The number of aromatic nitrogens is 1. The summed E-state index contributed by atoms with van der Waals surface area (Å²) in [5, 5.41) is 1.45. The van der Waals surface area contributed by atoms with Gasteiger partial charge in [-0.2, -0.15) is 0 Å². The molecule has 0 saturated carbocycles. The first kappa shape index (κ1) is 9.28. The van der Waals surface area contributed by atoms with Crippen molar-refractivity contribution in [3.63, 3.8) is 0 Å². The molecule has 0 fully saturated rings. The van der Waals surface area contributed by atoms with Crippen LogP contribution in [0.2, 0.25) is 5.02 Å². The minimum atomic E-state index is 0.0434. The Labute approximate surface area is 86.9 Å². The van der Waals surface area contributed by atoms with Crippen molar-refractivity contribution in [2.24, 2.45) is 0 Å². The maximum absolute atomic E-state index is 11.4. The van der Waals surface area contributed by atoms with E-state index < -0.39 is 0 Å². The standard InChI is InChI=1S/C11H10ClNO/c1-6-10(7(2)14)11-8(12)4-3-5-9(11)13-6/h3-5,13H,1-2H3. The number of benzene rings is 1. The van der Waals surface area contributed by atoms with Crippen LogP contribution < -0.4 is 0 Å². The van der Waals surface area contributed by atoms with E-state index in [1.165, 1.54) is 0 Å². The highest BCUT2D eigenvalue weighted by atomic mass is 35.5. The van der Waals surface area contributed by atoms with E-state index in [0.29, 0.717) is 10.6 Å². The second-order valence-corrected chi connectivity index (χ2v) is 3.75. The summed E-state index contributed by atoms with van der Waals surface area (Å²) in [6.45, 7) is 3.44. The van der Waals surface area contributed by atoms with Gasteiger partial charge in [0.1, 0.15) is 0 Å². The molecule has 14 heavy (non-hydrogen) atoms. The lowest BCUT2D eigenvalue weighted by atomic mass is 10.1. The Balaban J connectivity index is 2.93. The molecule has 0 aliphatic heterocycles. The fourth-order valence-electron chi connectivity index (χ4n) is 1.77. The largest absolute Gasteiger partial charge is 0.358 e. The lowest BCUT2D eigenvalue weighted by molar-refractivity contribution is 0.101. The summed E-state index contributed by atoms with van der Waals surface area (Å²) in [5.74, 6) is 0.0434. The molecule has 0 amide bonds. The van der Waals surface area contributed by atoms with Crippen LogP contribution in [-0.2, 0) is 0 Å². The highest BCUT2D eigenvalue weighted by Gasteiger charge is 2.14. The molecular weight excluding hydrogens is 198 g/mol. The number of halogens is 1. The molecule has 3 heteroatoms. The number of rotatable bonds is 1. The predicted molar refractivity (Wildman–Crippen MR) is 58.1 cm³/mol. The smallest absolute Gasteiger partial charge is 0.162 e. The Bertz CT molecular complexity index is 513. The zero-order chi connectivity index (χ0) is 10.3. The first-order valence-electron chi connectivity index (χ1n) is 4.39. The van der Waals surface area contributed by atoms with Gasteiger partial charge in [0.15, 0.2) is 5.78 Å². The second-order valence-electron chi connectivity index (χ2n) is 3.34. The fourth-order valence-corrected chi connectivity index (χ4v) is 2.04. The Kier molecular flexibility index (Phi) is 2.08. The van der Waals surface area contributed by atoms with E-state index in [0.717, 1.165) is 16.6 Å². The van der Waals surface area contributed by atoms with E-state index >= 15 is 0 Å². The summed E-state index contributed by atoms with van der Waals surface area (Å²) in [4.78, 5) is 14.6. The Morgan fingerprint density at radius 2 is 2.14 bits per heavy atom. The molecule has 0 aliphatic rings. The van der Waals surface area contributed by atoms with Gasteiger partial charge >= 0.3 is 0 Å². The molecule has 0 atom stereocenters. The highest BCUT2D eigenvalue weighted by molar-refractivity contribution is 6.37. The molecule has 1 aromatic heterocycles. The van der Waals surface area contributed by atoms with Gasteiger partial charge in [-0.15, -0.1) is 0 Å². The lowest BCUT2D eigenvalue weighted by Crippen LogP contribution is -1.93. The topological polar surface area (TPSA) is 32.9 Å². The van der Waals surface area contributed by atoms with Gasteiger partial charge in [-0.3, -0.25) is 4.79 Å². The van der Waals surface area contributed by atoms with Crippen LogP contribution in [0.1, 0.15) is 23.0 Å². The molecule has 0 spiro atoms. The third-order valence-corrected chi connectivity index (χ3v) is 2.63. The average Bonchev–Trinajstić information content (AvgIpc) is 2.42. The van der Waals surface area contributed by atoms with Crippen LogP contribution in [0.5, 0.6) is 0 Å². The number of fused-ring (bicyclic) bond motifs is 1. The fraction of sp³-hybridized carbons (Fsp3) is 0.182. The van der Waals surface area contributed by atoms with E-state index in [4.69, 9.17) is 11.6 Å². The van der Waals surface area contributed by atoms with E-state index in [-0.39, 0.29) is 5.78 Å². The summed E-state index contributed by atoms with van der Waals surface area (Å²) in [7, 11) is 0. The number of nitrogens with one attached hydrogen (secondary N) is 1. The first-order valence-corrected chi connectivity index (χ1v) is 4.77.